The summed E-state index contributed by atoms with van der Waals surface area (Å²) in [4.78, 5) is 5.45. The van der Waals surface area contributed by atoms with Crippen LogP contribution in [0.2, 0.25) is 0 Å². The maximum absolute atomic E-state index is 11.2. The molecule has 8 heteroatoms. The molecule has 0 amide bonds. The molecule has 2 rings (SSSR count). The largest absolute Gasteiger partial charge is 0.398 e. The molecule has 1 aromatic heterocycles. The zero-order valence-electron chi connectivity index (χ0n) is 11.0. The summed E-state index contributed by atoms with van der Waals surface area (Å²) in [6, 6.07) is 4.57. The van der Waals surface area contributed by atoms with Crippen LogP contribution >= 0.6 is 11.3 Å². The highest BCUT2D eigenvalue weighted by molar-refractivity contribution is 7.89. The van der Waals surface area contributed by atoms with Crippen molar-refractivity contribution in [2.24, 2.45) is 5.14 Å². The SMILES string of the molecule is CCc1cnc(CNc2ccc(S(N)(=O)=O)c(N)c2)s1. The smallest absolute Gasteiger partial charge is 0.240 e. The molecule has 0 saturated heterocycles. The average molecular weight is 312 g/mol. The Balaban J connectivity index is 2.09. The van der Waals surface area contributed by atoms with E-state index in [1.165, 1.54) is 10.9 Å². The Bertz CT molecular complexity index is 710. The predicted molar refractivity (Wildman–Crippen MR) is 81.0 cm³/mol. The number of aromatic nitrogens is 1. The Labute approximate surface area is 121 Å². The molecule has 5 N–H and O–H groups in total. The van der Waals surface area contributed by atoms with Crippen LogP contribution in [-0.4, -0.2) is 13.4 Å². The van der Waals surface area contributed by atoms with Gasteiger partial charge in [-0.1, -0.05) is 6.92 Å². The molecule has 20 heavy (non-hydrogen) atoms. The van der Waals surface area contributed by atoms with Gasteiger partial charge in [-0.2, -0.15) is 0 Å². The van der Waals surface area contributed by atoms with Gasteiger partial charge in [-0.05, 0) is 24.6 Å². The number of rotatable bonds is 5. The predicted octanol–water partition coefficient (Wildman–Crippen LogP) is 1.55. The fourth-order valence-corrected chi connectivity index (χ4v) is 3.14. The lowest BCUT2D eigenvalue weighted by molar-refractivity contribution is 0.598. The highest BCUT2D eigenvalue weighted by Gasteiger charge is 2.12. The number of thiazole rings is 1. The molecule has 0 bridgehead atoms. The minimum atomic E-state index is -3.78. The monoisotopic (exact) mass is 312 g/mol. The molecule has 0 aliphatic heterocycles. The molecule has 0 saturated carbocycles. The Morgan fingerprint density at radius 1 is 1.40 bits per heavy atom. The first-order valence-electron chi connectivity index (χ1n) is 6.00. The normalized spacial score (nSPS) is 11.5. The second kappa shape index (κ2) is 5.78. The highest BCUT2D eigenvalue weighted by atomic mass is 32.2. The number of nitrogens with one attached hydrogen (secondary N) is 1. The molecule has 0 aliphatic carbocycles. The topological polar surface area (TPSA) is 111 Å². The van der Waals surface area contributed by atoms with Crippen LogP contribution in [0.5, 0.6) is 0 Å². The van der Waals surface area contributed by atoms with E-state index in [-0.39, 0.29) is 10.6 Å². The van der Waals surface area contributed by atoms with E-state index in [9.17, 15) is 8.42 Å². The summed E-state index contributed by atoms with van der Waals surface area (Å²) in [5.41, 5.74) is 6.55. The van der Waals surface area contributed by atoms with Crippen molar-refractivity contribution in [2.45, 2.75) is 24.8 Å². The molecule has 2 aromatic rings. The summed E-state index contributed by atoms with van der Waals surface area (Å²) in [5.74, 6) is 0. The quantitative estimate of drug-likeness (QED) is 0.725. The number of nitrogens with two attached hydrogens (primary N) is 2. The maximum atomic E-state index is 11.2. The van der Waals surface area contributed by atoms with E-state index in [2.05, 4.69) is 17.2 Å². The van der Waals surface area contributed by atoms with Gasteiger partial charge in [-0.15, -0.1) is 11.3 Å². The fourth-order valence-electron chi connectivity index (χ4n) is 1.69. The van der Waals surface area contributed by atoms with Gasteiger partial charge in [0.05, 0.1) is 12.2 Å². The van der Waals surface area contributed by atoms with Crippen LogP contribution in [0.4, 0.5) is 11.4 Å². The molecule has 1 aromatic carbocycles. The first-order valence-corrected chi connectivity index (χ1v) is 8.36. The van der Waals surface area contributed by atoms with Crippen LogP contribution < -0.4 is 16.2 Å². The van der Waals surface area contributed by atoms with Gasteiger partial charge in [0.15, 0.2) is 0 Å². The first kappa shape index (κ1) is 14.8. The number of hydrogen-bond donors (Lipinski definition) is 3. The van der Waals surface area contributed by atoms with Gasteiger partial charge in [0.25, 0.3) is 0 Å². The Kier molecular flexibility index (Phi) is 4.26. The number of hydrogen-bond acceptors (Lipinski definition) is 6. The van der Waals surface area contributed by atoms with Gasteiger partial charge in [0, 0.05) is 16.8 Å². The van der Waals surface area contributed by atoms with Gasteiger partial charge in [-0.3, -0.25) is 0 Å². The second-order valence-corrected chi connectivity index (χ2v) is 6.95. The number of nitrogen functional groups attached to an aromatic ring is 1. The van der Waals surface area contributed by atoms with Gasteiger partial charge in [0.2, 0.25) is 10.0 Å². The number of nitrogens with zero attached hydrogens (tertiary/aromatic N) is 1. The van der Waals surface area contributed by atoms with Crippen molar-refractivity contribution in [1.29, 1.82) is 0 Å². The van der Waals surface area contributed by atoms with Gasteiger partial charge >= 0.3 is 0 Å². The number of benzene rings is 1. The van der Waals surface area contributed by atoms with Crippen LogP contribution in [-0.2, 0) is 23.0 Å². The third kappa shape index (κ3) is 3.47. The molecular formula is C12H16N4O2S2. The third-order valence-corrected chi connectivity index (χ3v) is 4.84. The second-order valence-electron chi connectivity index (χ2n) is 4.23. The van der Waals surface area contributed by atoms with Crippen LogP contribution in [0.3, 0.4) is 0 Å². The lowest BCUT2D eigenvalue weighted by Gasteiger charge is -2.08. The standard InChI is InChI=1S/C12H16N4O2S2/c1-2-9-6-16-12(19-9)7-15-8-3-4-11(10(13)5-8)20(14,17)18/h3-6,15H,2,7,13H2,1H3,(H2,14,17,18). The van der Waals surface area contributed by atoms with Crippen molar-refractivity contribution in [2.75, 3.05) is 11.1 Å². The van der Waals surface area contributed by atoms with Crippen molar-refractivity contribution in [3.8, 4) is 0 Å². The van der Waals surface area contributed by atoms with Crippen molar-refractivity contribution in [1.82, 2.24) is 4.98 Å². The summed E-state index contributed by atoms with van der Waals surface area (Å²) in [6.07, 6.45) is 2.83. The van der Waals surface area contributed by atoms with E-state index in [0.29, 0.717) is 6.54 Å². The maximum Gasteiger partial charge on any atom is 0.240 e. The van der Waals surface area contributed by atoms with Crippen LogP contribution in [0, 0.1) is 0 Å². The van der Waals surface area contributed by atoms with Crippen molar-refractivity contribution >= 4 is 32.7 Å². The summed E-state index contributed by atoms with van der Waals surface area (Å²) in [7, 11) is -3.78. The molecule has 6 nitrogen and oxygen atoms in total. The Hall–Kier alpha value is -1.64. The molecule has 0 unspecified atom stereocenters. The zero-order valence-corrected chi connectivity index (χ0v) is 12.6. The van der Waals surface area contributed by atoms with E-state index in [0.717, 1.165) is 17.1 Å². The lowest BCUT2D eigenvalue weighted by Crippen LogP contribution is -2.14. The first-order chi connectivity index (χ1) is 9.40. The summed E-state index contributed by atoms with van der Waals surface area (Å²) < 4.78 is 22.5. The van der Waals surface area contributed by atoms with Crippen LogP contribution in [0.1, 0.15) is 16.8 Å². The molecule has 0 aliphatic rings. The minimum Gasteiger partial charge on any atom is -0.398 e. The number of anilines is 2. The summed E-state index contributed by atoms with van der Waals surface area (Å²) in [6.45, 7) is 2.65. The fraction of sp³-hybridized carbons (Fsp3) is 0.250. The third-order valence-electron chi connectivity index (χ3n) is 2.71. The number of primary sulfonamides is 1. The number of aryl methyl sites for hydroxylation is 1. The van der Waals surface area contributed by atoms with E-state index in [1.807, 2.05) is 6.20 Å². The van der Waals surface area contributed by atoms with Gasteiger partial charge in [-0.25, -0.2) is 18.5 Å². The molecule has 1 heterocycles. The van der Waals surface area contributed by atoms with Crippen LogP contribution in [0.15, 0.2) is 29.3 Å². The highest BCUT2D eigenvalue weighted by Crippen LogP contribution is 2.22. The molecule has 0 radical (unpaired) electrons. The number of sulfonamides is 1. The Morgan fingerprint density at radius 2 is 2.15 bits per heavy atom. The molecule has 0 spiro atoms. The summed E-state index contributed by atoms with van der Waals surface area (Å²) >= 11 is 1.64. The lowest BCUT2D eigenvalue weighted by atomic mass is 10.3. The van der Waals surface area contributed by atoms with E-state index >= 15 is 0 Å². The van der Waals surface area contributed by atoms with E-state index < -0.39 is 10.0 Å². The van der Waals surface area contributed by atoms with Gasteiger partial charge in [0.1, 0.15) is 9.90 Å². The molecule has 0 atom stereocenters. The van der Waals surface area contributed by atoms with Crippen molar-refractivity contribution in [3.63, 3.8) is 0 Å². The zero-order chi connectivity index (χ0) is 14.8. The van der Waals surface area contributed by atoms with Gasteiger partial charge < -0.3 is 11.1 Å². The molecule has 108 valence electrons. The summed E-state index contributed by atoms with van der Waals surface area (Å²) in [5, 5.41) is 9.17. The molecule has 0 fully saturated rings. The Morgan fingerprint density at radius 3 is 2.70 bits per heavy atom. The van der Waals surface area contributed by atoms with Crippen molar-refractivity contribution < 1.29 is 8.42 Å². The average Bonchev–Trinajstić information content (AvgIpc) is 2.83. The van der Waals surface area contributed by atoms with Crippen molar-refractivity contribution in [3.05, 3.63) is 34.3 Å². The minimum absolute atomic E-state index is 0.0643. The van der Waals surface area contributed by atoms with E-state index in [1.54, 1.807) is 23.5 Å². The van der Waals surface area contributed by atoms with E-state index in [4.69, 9.17) is 10.9 Å². The van der Waals surface area contributed by atoms with Crippen LogP contribution in [0.25, 0.3) is 0 Å². The molecular weight excluding hydrogens is 296 g/mol.